The Morgan fingerprint density at radius 2 is 1.45 bits per heavy atom. The van der Waals surface area contributed by atoms with Gasteiger partial charge in [-0.05, 0) is 37.6 Å². The molecule has 0 atom stereocenters. The van der Waals surface area contributed by atoms with E-state index >= 15 is 0 Å². The molecule has 156 valence electrons. The summed E-state index contributed by atoms with van der Waals surface area (Å²) in [5.41, 5.74) is 6.62. The average molecular weight is 482 g/mol. The van der Waals surface area contributed by atoms with Crippen molar-refractivity contribution in [3.8, 4) is 5.69 Å². The van der Waals surface area contributed by atoms with Crippen molar-refractivity contribution in [3.63, 3.8) is 0 Å². The molecule has 0 amide bonds. The largest absolute Gasteiger partial charge is 4.00 e. The molecule has 1 heterocycles. The Morgan fingerprint density at radius 3 is 2.06 bits per heavy atom. The van der Waals surface area contributed by atoms with Crippen molar-refractivity contribution >= 4 is 10.8 Å². The van der Waals surface area contributed by atoms with E-state index in [9.17, 15) is 0 Å². The normalized spacial score (nSPS) is 9.61. The molecule has 5 rings (SSSR count). The van der Waals surface area contributed by atoms with E-state index in [0.717, 1.165) is 6.42 Å². The van der Waals surface area contributed by atoms with Crippen LogP contribution in [0.5, 0.6) is 0 Å². The van der Waals surface area contributed by atoms with Gasteiger partial charge in [0.25, 0.3) is 0 Å². The van der Waals surface area contributed by atoms with Gasteiger partial charge in [-0.25, -0.2) is 12.1 Å². The SMILES string of the molecule is Cc1cc(C)n(-c2cc3ccccc3[cH-]2)c1.[Cl-].[Cl-].[Ti+4].c1ccc(C[c-]2cccc2)cc1. The number of aryl methyl sites for hydroxylation is 2. The van der Waals surface area contributed by atoms with Gasteiger partial charge in [0.05, 0.1) is 0 Å². The van der Waals surface area contributed by atoms with Crippen molar-refractivity contribution in [2.75, 3.05) is 0 Å². The van der Waals surface area contributed by atoms with Crippen LogP contribution in [0.1, 0.15) is 22.4 Å². The van der Waals surface area contributed by atoms with Gasteiger partial charge >= 0.3 is 21.7 Å². The first-order valence-electron chi connectivity index (χ1n) is 9.75. The summed E-state index contributed by atoms with van der Waals surface area (Å²) >= 11 is 0. The molecule has 1 nitrogen and oxygen atoms in total. The van der Waals surface area contributed by atoms with Crippen molar-refractivity contribution in [1.82, 2.24) is 4.57 Å². The van der Waals surface area contributed by atoms with Gasteiger partial charge in [0.1, 0.15) is 0 Å². The standard InChI is InChI=1S/C15H14N.C12H11.2ClH.Ti/c1-11-7-12(2)16(10-11)15-8-13-5-3-4-6-14(13)9-15;1-2-6-11(7-3-1)10-12-8-4-5-9-12;;;/h3-10H,1-2H3;1-9H,10H2;2*1H;/q2*-1;;;+4/p-2. The first kappa shape index (κ1) is 27.0. The van der Waals surface area contributed by atoms with Crippen LogP contribution in [0.3, 0.4) is 0 Å². The summed E-state index contributed by atoms with van der Waals surface area (Å²) in [6.07, 6.45) is 3.23. The summed E-state index contributed by atoms with van der Waals surface area (Å²) in [7, 11) is 0. The van der Waals surface area contributed by atoms with Crippen LogP contribution in [0, 0.1) is 13.8 Å². The molecule has 0 bridgehead atoms. The van der Waals surface area contributed by atoms with Crippen molar-refractivity contribution in [2.24, 2.45) is 0 Å². The maximum Gasteiger partial charge on any atom is 4.00 e. The van der Waals surface area contributed by atoms with E-state index < -0.39 is 0 Å². The summed E-state index contributed by atoms with van der Waals surface area (Å²) in [5, 5.41) is 2.62. The number of rotatable bonds is 3. The van der Waals surface area contributed by atoms with Gasteiger partial charge in [0, 0.05) is 11.9 Å². The summed E-state index contributed by atoms with van der Waals surface area (Å²) in [5.74, 6) is 0. The fraction of sp³-hybridized carbons (Fsp3) is 0.111. The maximum absolute atomic E-state index is 2.25. The van der Waals surface area contributed by atoms with E-state index in [1.807, 2.05) is 0 Å². The number of hydrogen-bond acceptors (Lipinski definition) is 0. The number of aromatic nitrogens is 1. The minimum absolute atomic E-state index is 0. The van der Waals surface area contributed by atoms with Crippen molar-refractivity contribution < 1.29 is 46.5 Å². The quantitative estimate of drug-likeness (QED) is 0.267. The number of benzene rings is 2. The Kier molecular flexibility index (Phi) is 11.1. The third-order valence-electron chi connectivity index (χ3n) is 5.01. The summed E-state index contributed by atoms with van der Waals surface area (Å²) < 4.78 is 2.25. The van der Waals surface area contributed by atoms with Gasteiger partial charge < -0.3 is 29.4 Å². The maximum atomic E-state index is 2.25. The molecule has 0 saturated carbocycles. The molecule has 4 aromatic carbocycles. The molecular weight excluding hydrogens is 457 g/mol. The molecule has 0 aliphatic carbocycles. The van der Waals surface area contributed by atoms with Crippen molar-refractivity contribution in [3.05, 3.63) is 126 Å². The molecule has 31 heavy (non-hydrogen) atoms. The van der Waals surface area contributed by atoms with Gasteiger partial charge in [-0.3, -0.25) is 0 Å². The second-order valence-electron chi connectivity index (χ2n) is 7.33. The van der Waals surface area contributed by atoms with E-state index in [2.05, 4.69) is 122 Å². The number of nitrogens with zero attached hydrogens (tertiary/aromatic N) is 1. The average Bonchev–Trinajstić information content (AvgIpc) is 3.43. The minimum Gasteiger partial charge on any atom is -1.00 e. The van der Waals surface area contributed by atoms with E-state index in [1.165, 1.54) is 38.8 Å². The topological polar surface area (TPSA) is 4.93 Å². The zero-order valence-corrected chi connectivity index (χ0v) is 20.8. The molecule has 0 unspecified atom stereocenters. The van der Waals surface area contributed by atoms with Crippen LogP contribution in [0.2, 0.25) is 0 Å². The molecule has 5 aromatic rings. The van der Waals surface area contributed by atoms with Crippen LogP contribution >= 0.6 is 0 Å². The molecule has 0 spiro atoms. The van der Waals surface area contributed by atoms with E-state index in [1.54, 1.807) is 0 Å². The third kappa shape index (κ3) is 6.99. The molecule has 0 fully saturated rings. The van der Waals surface area contributed by atoms with Gasteiger partial charge in [0.2, 0.25) is 0 Å². The molecule has 0 N–H and O–H groups in total. The number of hydrogen-bond donors (Lipinski definition) is 0. The Balaban J connectivity index is 0.000000292. The van der Waals surface area contributed by atoms with Gasteiger partial charge in [-0.2, -0.15) is 17.7 Å². The first-order valence-corrected chi connectivity index (χ1v) is 9.75. The van der Waals surface area contributed by atoms with Gasteiger partial charge in [-0.1, -0.05) is 42.0 Å². The van der Waals surface area contributed by atoms with E-state index in [-0.39, 0.29) is 46.5 Å². The zero-order chi connectivity index (χ0) is 19.3. The van der Waals surface area contributed by atoms with E-state index in [4.69, 9.17) is 0 Å². The van der Waals surface area contributed by atoms with Crippen molar-refractivity contribution in [1.29, 1.82) is 0 Å². The summed E-state index contributed by atoms with van der Waals surface area (Å²) in [4.78, 5) is 0. The van der Waals surface area contributed by atoms with Gasteiger partial charge in [-0.15, -0.1) is 41.1 Å². The Labute approximate surface area is 212 Å². The Bertz CT molecular complexity index is 1120. The van der Waals surface area contributed by atoms with Gasteiger partial charge in [0.15, 0.2) is 0 Å². The Morgan fingerprint density at radius 1 is 0.806 bits per heavy atom. The summed E-state index contributed by atoms with van der Waals surface area (Å²) in [6.45, 7) is 4.27. The molecule has 0 radical (unpaired) electrons. The fourth-order valence-corrected chi connectivity index (χ4v) is 3.66. The Hall–Kier alpha value is -2.03. The second kappa shape index (κ2) is 12.7. The minimum atomic E-state index is 0. The van der Waals surface area contributed by atoms with Crippen molar-refractivity contribution in [2.45, 2.75) is 20.3 Å². The molecule has 0 saturated heterocycles. The van der Waals surface area contributed by atoms with Crippen LogP contribution in [0.25, 0.3) is 16.5 Å². The van der Waals surface area contributed by atoms with Crippen LogP contribution < -0.4 is 24.8 Å². The molecular formula is C27H25Cl2NTi. The number of halogens is 2. The predicted octanol–water partition coefficient (Wildman–Crippen LogP) is 0.968. The van der Waals surface area contributed by atoms with Crippen LogP contribution in [-0.2, 0) is 28.1 Å². The summed E-state index contributed by atoms with van der Waals surface area (Å²) in [6, 6.07) is 34.2. The third-order valence-corrected chi connectivity index (χ3v) is 5.01. The molecule has 0 aliphatic rings. The van der Waals surface area contributed by atoms with Crippen LogP contribution in [-0.4, -0.2) is 4.57 Å². The smallest absolute Gasteiger partial charge is 1.00 e. The monoisotopic (exact) mass is 481 g/mol. The van der Waals surface area contributed by atoms with Crippen LogP contribution in [0.4, 0.5) is 0 Å². The van der Waals surface area contributed by atoms with E-state index in [0.29, 0.717) is 0 Å². The van der Waals surface area contributed by atoms with Crippen LogP contribution in [0.15, 0.2) is 103 Å². The molecule has 1 aromatic heterocycles. The first-order chi connectivity index (χ1) is 13.7. The predicted molar refractivity (Wildman–Crippen MR) is 120 cm³/mol. The molecule has 0 aliphatic heterocycles. The zero-order valence-electron chi connectivity index (χ0n) is 17.7. The molecule has 4 heteroatoms. The second-order valence-corrected chi connectivity index (χ2v) is 7.33. The fourth-order valence-electron chi connectivity index (χ4n) is 3.66. The number of fused-ring (bicyclic) bond motifs is 1.